The van der Waals surface area contributed by atoms with E-state index in [1.165, 1.54) is 43.0 Å². The van der Waals surface area contributed by atoms with Crippen LogP contribution in [0.15, 0.2) is 59.5 Å². The van der Waals surface area contributed by atoms with Crippen LogP contribution in [0, 0.1) is 0 Å². The average molecular weight is 408 g/mol. The summed E-state index contributed by atoms with van der Waals surface area (Å²) in [5.41, 5.74) is 0.685. The number of nitrogens with one attached hydrogen (secondary N) is 1. The second-order valence-electron chi connectivity index (χ2n) is 5.97. The molecule has 0 aliphatic carbocycles. The van der Waals surface area contributed by atoms with Gasteiger partial charge in [0.25, 0.3) is 0 Å². The molecule has 0 heterocycles. The fourth-order valence-corrected chi connectivity index (χ4v) is 3.66. The van der Waals surface area contributed by atoms with Crippen LogP contribution >= 0.6 is 11.8 Å². The first-order valence-corrected chi connectivity index (χ1v) is 11.0. The second kappa shape index (κ2) is 9.05. The third kappa shape index (κ3) is 6.73. The largest absolute Gasteiger partial charge is 0.453 e. The molecule has 0 spiro atoms. The molecule has 0 amide bonds. The molecule has 27 heavy (non-hydrogen) atoms. The van der Waals surface area contributed by atoms with Crippen LogP contribution in [0.5, 0.6) is 0 Å². The Morgan fingerprint density at radius 3 is 2.15 bits per heavy atom. The highest BCUT2D eigenvalue weighted by Gasteiger charge is 2.23. The average Bonchev–Trinajstić information content (AvgIpc) is 2.61. The third-order valence-corrected chi connectivity index (χ3v) is 5.22. The maximum Gasteiger partial charge on any atom is 0.319 e. The molecule has 1 N–H and O–H groups in total. The standard InChI is InChI=1S/C19H21NO5S2/c1-13(25-19(22)14(2)26-17-7-5-4-6-8-17)18(21)15-9-11-16(12-10-15)20-27(3,23)24/h4-14,20H,1-3H3/t13-,14-/m1/s1. The van der Waals surface area contributed by atoms with Crippen LogP contribution in [0.2, 0.25) is 0 Å². The van der Waals surface area contributed by atoms with E-state index in [0.717, 1.165) is 11.2 Å². The lowest BCUT2D eigenvalue weighted by Crippen LogP contribution is -2.28. The fraction of sp³-hybridized carbons (Fsp3) is 0.263. The Kier molecular flexibility index (Phi) is 7.04. The molecule has 2 aromatic rings. The zero-order chi connectivity index (χ0) is 20.0. The van der Waals surface area contributed by atoms with Crippen molar-refractivity contribution in [3.05, 3.63) is 60.2 Å². The van der Waals surface area contributed by atoms with Crippen molar-refractivity contribution in [1.29, 1.82) is 0 Å². The van der Waals surface area contributed by atoms with Gasteiger partial charge in [0.2, 0.25) is 15.8 Å². The van der Waals surface area contributed by atoms with E-state index in [1.54, 1.807) is 6.92 Å². The van der Waals surface area contributed by atoms with Gasteiger partial charge in [-0.05, 0) is 50.2 Å². The maximum atomic E-state index is 12.4. The van der Waals surface area contributed by atoms with E-state index in [-0.39, 0.29) is 5.78 Å². The normalized spacial score (nSPS) is 13.4. The minimum absolute atomic E-state index is 0.331. The van der Waals surface area contributed by atoms with E-state index in [1.807, 2.05) is 30.3 Å². The van der Waals surface area contributed by atoms with E-state index in [9.17, 15) is 18.0 Å². The van der Waals surface area contributed by atoms with Crippen molar-refractivity contribution in [2.75, 3.05) is 11.0 Å². The summed E-state index contributed by atoms with van der Waals surface area (Å²) >= 11 is 1.36. The van der Waals surface area contributed by atoms with Crippen LogP contribution in [0.1, 0.15) is 24.2 Å². The first kappa shape index (κ1) is 21.0. The number of benzene rings is 2. The van der Waals surface area contributed by atoms with E-state index >= 15 is 0 Å². The molecule has 0 bridgehead atoms. The lowest BCUT2D eigenvalue weighted by molar-refractivity contribution is -0.145. The minimum atomic E-state index is -3.38. The molecule has 6 nitrogen and oxygen atoms in total. The highest BCUT2D eigenvalue weighted by atomic mass is 32.2. The Labute approximate surface area is 163 Å². The zero-order valence-electron chi connectivity index (χ0n) is 15.2. The molecule has 144 valence electrons. The number of anilines is 1. The maximum absolute atomic E-state index is 12.4. The van der Waals surface area contributed by atoms with Gasteiger partial charge in [-0.2, -0.15) is 0 Å². The minimum Gasteiger partial charge on any atom is -0.453 e. The van der Waals surface area contributed by atoms with E-state index < -0.39 is 27.3 Å². The van der Waals surface area contributed by atoms with E-state index in [2.05, 4.69) is 4.72 Å². The van der Waals surface area contributed by atoms with Crippen molar-refractivity contribution in [2.24, 2.45) is 0 Å². The number of ketones is 1. The van der Waals surface area contributed by atoms with Crippen LogP contribution in [-0.4, -0.2) is 37.8 Å². The second-order valence-corrected chi connectivity index (χ2v) is 9.13. The molecule has 0 saturated carbocycles. The SMILES string of the molecule is C[C@@H](OC(=O)[C@@H](C)Sc1ccccc1)C(=O)c1ccc(NS(C)(=O)=O)cc1. The Hall–Kier alpha value is -2.32. The summed E-state index contributed by atoms with van der Waals surface area (Å²) in [4.78, 5) is 25.6. The predicted molar refractivity (Wildman–Crippen MR) is 107 cm³/mol. The summed E-state index contributed by atoms with van der Waals surface area (Å²) in [5, 5.41) is -0.455. The molecule has 0 fully saturated rings. The first-order valence-electron chi connectivity index (χ1n) is 8.20. The number of carbonyl (C=O) groups excluding carboxylic acids is 2. The van der Waals surface area contributed by atoms with Crippen LogP contribution < -0.4 is 4.72 Å². The van der Waals surface area contributed by atoms with Crippen LogP contribution in [0.25, 0.3) is 0 Å². The fourth-order valence-electron chi connectivity index (χ4n) is 2.23. The van der Waals surface area contributed by atoms with Crippen molar-refractivity contribution < 1.29 is 22.7 Å². The highest BCUT2D eigenvalue weighted by molar-refractivity contribution is 8.00. The van der Waals surface area contributed by atoms with Gasteiger partial charge < -0.3 is 4.74 Å². The smallest absolute Gasteiger partial charge is 0.319 e. The van der Waals surface area contributed by atoms with Gasteiger partial charge in [-0.1, -0.05) is 18.2 Å². The molecule has 0 radical (unpaired) electrons. The van der Waals surface area contributed by atoms with Crippen LogP contribution in [-0.2, 0) is 19.6 Å². The molecule has 0 aliphatic rings. The van der Waals surface area contributed by atoms with Gasteiger partial charge in [0.15, 0.2) is 6.10 Å². The van der Waals surface area contributed by atoms with Crippen LogP contribution in [0.4, 0.5) is 5.69 Å². The van der Waals surface area contributed by atoms with Crippen LogP contribution in [0.3, 0.4) is 0 Å². The molecule has 8 heteroatoms. The highest BCUT2D eigenvalue weighted by Crippen LogP contribution is 2.24. The molecule has 0 aromatic heterocycles. The number of hydrogen-bond acceptors (Lipinski definition) is 6. The van der Waals surface area contributed by atoms with Gasteiger partial charge in [0.1, 0.15) is 5.25 Å². The Morgan fingerprint density at radius 2 is 1.59 bits per heavy atom. The number of thioether (sulfide) groups is 1. The number of carbonyl (C=O) groups is 2. The van der Waals surface area contributed by atoms with Crippen molar-refractivity contribution in [3.63, 3.8) is 0 Å². The molecular formula is C19H21NO5S2. The van der Waals surface area contributed by atoms with E-state index in [4.69, 9.17) is 4.74 Å². The zero-order valence-corrected chi connectivity index (χ0v) is 16.8. The van der Waals surface area contributed by atoms with Gasteiger partial charge >= 0.3 is 5.97 Å². The molecule has 0 saturated heterocycles. The van der Waals surface area contributed by atoms with E-state index in [0.29, 0.717) is 11.3 Å². The number of ether oxygens (including phenoxy) is 1. The Morgan fingerprint density at radius 1 is 1.00 bits per heavy atom. The van der Waals surface area contributed by atoms with Gasteiger partial charge in [-0.25, -0.2) is 8.42 Å². The third-order valence-electron chi connectivity index (χ3n) is 3.52. The predicted octanol–water partition coefficient (Wildman–Crippen LogP) is 3.35. The topological polar surface area (TPSA) is 89.5 Å². The van der Waals surface area contributed by atoms with Gasteiger partial charge in [-0.15, -0.1) is 11.8 Å². The molecule has 2 rings (SSSR count). The molecule has 2 atom stereocenters. The lowest BCUT2D eigenvalue weighted by atomic mass is 10.1. The van der Waals surface area contributed by atoms with Gasteiger partial charge in [-0.3, -0.25) is 14.3 Å². The van der Waals surface area contributed by atoms with Crippen molar-refractivity contribution in [2.45, 2.75) is 30.1 Å². The molecule has 2 aromatic carbocycles. The lowest BCUT2D eigenvalue weighted by Gasteiger charge is -2.16. The summed E-state index contributed by atoms with van der Waals surface area (Å²) in [6.45, 7) is 3.24. The number of esters is 1. The number of rotatable bonds is 8. The summed E-state index contributed by atoms with van der Waals surface area (Å²) in [5.74, 6) is -0.828. The Bertz CT molecular complexity index is 895. The molecular weight excluding hydrogens is 386 g/mol. The molecule has 0 aliphatic heterocycles. The van der Waals surface area contributed by atoms with Gasteiger partial charge in [0.05, 0.1) is 6.26 Å². The number of Topliss-reactive ketones (excluding diaryl/α,β-unsaturated/α-hetero) is 1. The van der Waals surface area contributed by atoms with Gasteiger partial charge in [0, 0.05) is 16.1 Å². The van der Waals surface area contributed by atoms with Crippen molar-refractivity contribution in [1.82, 2.24) is 0 Å². The number of sulfonamides is 1. The van der Waals surface area contributed by atoms with Crippen molar-refractivity contribution in [3.8, 4) is 0 Å². The summed E-state index contributed by atoms with van der Waals surface area (Å²) in [7, 11) is -3.38. The number of hydrogen-bond donors (Lipinski definition) is 1. The Balaban J connectivity index is 1.95. The monoisotopic (exact) mass is 407 g/mol. The van der Waals surface area contributed by atoms with Crippen molar-refractivity contribution >= 4 is 39.2 Å². The molecule has 0 unspecified atom stereocenters. The summed E-state index contributed by atoms with van der Waals surface area (Å²) in [6.07, 6.45) is 0.104. The quantitative estimate of drug-likeness (QED) is 0.410. The first-order chi connectivity index (χ1) is 12.7. The summed E-state index contributed by atoms with van der Waals surface area (Å²) < 4.78 is 30.0. The summed E-state index contributed by atoms with van der Waals surface area (Å²) in [6, 6.07) is 15.4.